The van der Waals surface area contributed by atoms with Crippen LogP contribution >= 0.6 is 34.7 Å². The second-order valence-electron chi connectivity index (χ2n) is 9.98. The first kappa shape index (κ1) is 29.8. The minimum atomic E-state index is -3.94. The zero-order valence-corrected chi connectivity index (χ0v) is 25.3. The number of likely N-dealkylation sites (tertiary alicyclic amines) is 2. The average Bonchev–Trinajstić information content (AvgIpc) is 3.61. The third-order valence-electron chi connectivity index (χ3n) is 7.13. The van der Waals surface area contributed by atoms with Crippen molar-refractivity contribution in [3.63, 3.8) is 0 Å². The molecule has 0 saturated carbocycles. The van der Waals surface area contributed by atoms with Crippen molar-refractivity contribution < 1.29 is 22.8 Å². The number of hydrogen-bond donors (Lipinski definition) is 2. The molecule has 3 amide bonds. The van der Waals surface area contributed by atoms with Crippen molar-refractivity contribution in [3.8, 4) is 0 Å². The smallest absolute Gasteiger partial charge is 0.250 e. The Morgan fingerprint density at radius 1 is 1.10 bits per heavy atom. The fraction of sp³-hybridized carbons (Fsp3) is 0.407. The van der Waals surface area contributed by atoms with Gasteiger partial charge < -0.3 is 15.1 Å². The summed E-state index contributed by atoms with van der Waals surface area (Å²) in [7, 11) is -3.94. The molecule has 2 saturated heterocycles. The predicted octanol–water partition coefficient (Wildman–Crippen LogP) is 3.12. The molecular formula is C27H30ClN5O5S3. The van der Waals surface area contributed by atoms with E-state index in [9.17, 15) is 22.8 Å². The van der Waals surface area contributed by atoms with E-state index >= 15 is 0 Å². The van der Waals surface area contributed by atoms with Crippen molar-refractivity contribution in [2.45, 2.75) is 46.9 Å². The molecule has 2 atom stereocenters. The fourth-order valence-corrected chi connectivity index (χ4v) is 8.58. The van der Waals surface area contributed by atoms with Crippen LogP contribution in [-0.4, -0.2) is 84.9 Å². The molecule has 3 aromatic rings. The Morgan fingerprint density at radius 2 is 1.88 bits per heavy atom. The van der Waals surface area contributed by atoms with Crippen molar-refractivity contribution in [1.82, 2.24) is 24.8 Å². The molecule has 2 N–H and O–H groups in total. The topological polar surface area (TPSA) is 129 Å². The van der Waals surface area contributed by atoms with Gasteiger partial charge in [-0.25, -0.2) is 8.42 Å². The number of nitrogens with one attached hydrogen (secondary N) is 2. The number of hydrogen-bond acceptors (Lipinski definition) is 8. The van der Waals surface area contributed by atoms with Crippen LogP contribution in [0.1, 0.15) is 25.7 Å². The normalized spacial score (nSPS) is 19.6. The first-order valence-corrected chi connectivity index (χ1v) is 16.9. The highest BCUT2D eigenvalue weighted by molar-refractivity contribution is 8.00. The molecule has 0 radical (unpaired) electrons. The first-order chi connectivity index (χ1) is 19.7. The lowest BCUT2D eigenvalue weighted by molar-refractivity contribution is -0.143. The second-order valence-corrected chi connectivity index (χ2v) is 14.5. The number of sulfonamides is 1. The number of fused-ring (bicyclic) bond motifs is 1. The van der Waals surface area contributed by atoms with Gasteiger partial charge in [-0.15, -0.1) is 23.1 Å². The number of nitrogens with zero attached hydrogens (tertiary/aromatic N) is 3. The third kappa shape index (κ3) is 7.39. The zero-order valence-electron chi connectivity index (χ0n) is 22.1. The quantitative estimate of drug-likeness (QED) is 0.328. The Labute approximate surface area is 251 Å². The van der Waals surface area contributed by atoms with E-state index < -0.39 is 22.0 Å². The van der Waals surface area contributed by atoms with E-state index in [0.717, 1.165) is 33.8 Å². The first-order valence-electron chi connectivity index (χ1n) is 13.3. The Kier molecular flexibility index (Phi) is 9.49. The average molecular weight is 636 g/mol. The van der Waals surface area contributed by atoms with E-state index in [1.165, 1.54) is 16.7 Å². The third-order valence-corrected chi connectivity index (χ3v) is 11.4. The summed E-state index contributed by atoms with van der Waals surface area (Å²) < 4.78 is 29.7. The molecule has 5 rings (SSSR count). The van der Waals surface area contributed by atoms with Crippen LogP contribution in [0.5, 0.6) is 0 Å². The lowest BCUT2D eigenvalue weighted by atomic mass is 10.1. The van der Waals surface area contributed by atoms with E-state index in [2.05, 4.69) is 15.0 Å². The largest absolute Gasteiger partial charge is 0.353 e. The van der Waals surface area contributed by atoms with Crippen molar-refractivity contribution in [2.24, 2.45) is 0 Å². The van der Waals surface area contributed by atoms with Gasteiger partial charge in [0.05, 0.1) is 12.3 Å². The van der Waals surface area contributed by atoms with Gasteiger partial charge in [-0.2, -0.15) is 4.72 Å². The summed E-state index contributed by atoms with van der Waals surface area (Å²) in [6.07, 6.45) is 5.86. The number of carbonyl (C=O) groups excluding carboxylic acids is 3. The molecule has 2 unspecified atom stereocenters. The Balaban J connectivity index is 1.14. The van der Waals surface area contributed by atoms with E-state index in [4.69, 9.17) is 11.6 Å². The number of thioether (sulfide) groups is 1. The molecule has 14 heteroatoms. The van der Waals surface area contributed by atoms with Gasteiger partial charge in [0.25, 0.3) is 10.0 Å². The van der Waals surface area contributed by atoms with Crippen LogP contribution in [0.25, 0.3) is 10.1 Å². The maximum Gasteiger partial charge on any atom is 0.250 e. The summed E-state index contributed by atoms with van der Waals surface area (Å²) in [5.74, 6) is -0.464. The van der Waals surface area contributed by atoms with Crippen molar-refractivity contribution in [1.29, 1.82) is 0 Å². The summed E-state index contributed by atoms with van der Waals surface area (Å²) in [6, 6.07) is 9.30. The molecule has 2 aliphatic rings. The Morgan fingerprint density at radius 3 is 2.68 bits per heavy atom. The lowest BCUT2D eigenvalue weighted by Gasteiger charge is -2.34. The number of piperidine rings is 1. The number of carbonyl (C=O) groups is 3. The summed E-state index contributed by atoms with van der Waals surface area (Å²) >= 11 is 8.56. The number of benzene rings is 1. The number of aromatic nitrogens is 1. The SMILES string of the molecule is O=C(CSc1ccncc1)NCC1CCCN1C(=O)CN1CCCC(NS(=O)(=O)c2cc3cc(Cl)ccc3s2)C1=O. The molecule has 218 valence electrons. The van der Waals surface area contributed by atoms with Crippen molar-refractivity contribution in [3.05, 3.63) is 53.8 Å². The van der Waals surface area contributed by atoms with E-state index in [1.807, 2.05) is 12.1 Å². The molecule has 2 aromatic heterocycles. The fourth-order valence-electron chi connectivity index (χ4n) is 5.07. The number of thiophene rings is 1. The molecule has 10 nitrogen and oxygen atoms in total. The van der Waals surface area contributed by atoms with Gasteiger partial charge in [0.1, 0.15) is 10.3 Å². The van der Waals surface area contributed by atoms with Crippen LogP contribution in [0.2, 0.25) is 5.02 Å². The van der Waals surface area contributed by atoms with E-state index in [-0.39, 0.29) is 34.4 Å². The number of pyridine rings is 1. The molecule has 0 spiro atoms. The summed E-state index contributed by atoms with van der Waals surface area (Å²) in [5, 5.41) is 4.15. The van der Waals surface area contributed by atoms with Crippen molar-refractivity contribution >= 4 is 72.5 Å². The Bertz CT molecular complexity index is 1530. The molecule has 0 bridgehead atoms. The zero-order chi connectivity index (χ0) is 29.0. The molecule has 2 fully saturated rings. The molecular weight excluding hydrogens is 606 g/mol. The van der Waals surface area contributed by atoms with Crippen LogP contribution in [0, 0.1) is 0 Å². The van der Waals surface area contributed by atoms with E-state index in [1.54, 1.807) is 41.6 Å². The van der Waals surface area contributed by atoms with Gasteiger partial charge in [0.2, 0.25) is 17.7 Å². The number of rotatable bonds is 10. The van der Waals surface area contributed by atoms with Gasteiger partial charge in [0, 0.05) is 52.7 Å². The maximum absolute atomic E-state index is 13.2. The monoisotopic (exact) mass is 635 g/mol. The molecule has 2 aliphatic heterocycles. The van der Waals surface area contributed by atoms with Crippen molar-refractivity contribution in [2.75, 3.05) is 31.9 Å². The van der Waals surface area contributed by atoms with Crippen LogP contribution < -0.4 is 10.0 Å². The minimum Gasteiger partial charge on any atom is -0.353 e. The predicted molar refractivity (Wildman–Crippen MR) is 159 cm³/mol. The van der Waals surface area contributed by atoms with Crippen LogP contribution in [0.15, 0.2) is 57.9 Å². The van der Waals surface area contributed by atoms with Crippen LogP contribution in [0.3, 0.4) is 0 Å². The number of halogens is 1. The molecule has 1 aromatic carbocycles. The van der Waals surface area contributed by atoms with Crippen LogP contribution in [0.4, 0.5) is 0 Å². The standard InChI is InChI=1S/C27H30ClN5O5S3/c28-19-5-6-23-18(13-19)14-26(40-23)41(37,38)31-22-4-2-11-32(27(22)36)16-25(35)33-12-1-3-20(33)15-30-24(34)17-39-21-7-9-29-10-8-21/h5-10,13-14,20,22,31H,1-4,11-12,15-17H2,(H,30,34). The van der Waals surface area contributed by atoms with Gasteiger partial charge in [-0.1, -0.05) is 11.6 Å². The maximum atomic E-state index is 13.2. The molecule has 4 heterocycles. The lowest BCUT2D eigenvalue weighted by Crippen LogP contribution is -2.55. The summed E-state index contributed by atoms with van der Waals surface area (Å²) in [4.78, 5) is 46.9. The van der Waals surface area contributed by atoms with Gasteiger partial charge in [-0.3, -0.25) is 19.4 Å². The highest BCUT2D eigenvalue weighted by atomic mass is 35.5. The second kappa shape index (κ2) is 13.1. The highest BCUT2D eigenvalue weighted by Gasteiger charge is 2.36. The molecule has 41 heavy (non-hydrogen) atoms. The Hall–Kier alpha value is -2.71. The highest BCUT2D eigenvalue weighted by Crippen LogP contribution is 2.31. The number of amides is 3. The van der Waals surface area contributed by atoms with Gasteiger partial charge in [0.15, 0.2) is 0 Å². The summed E-state index contributed by atoms with van der Waals surface area (Å²) in [6.45, 7) is 1.16. The molecule has 0 aliphatic carbocycles. The minimum absolute atomic E-state index is 0.108. The van der Waals surface area contributed by atoms with Crippen LogP contribution in [-0.2, 0) is 24.4 Å². The summed E-state index contributed by atoms with van der Waals surface area (Å²) in [5.41, 5.74) is 0. The van der Waals surface area contributed by atoms with Gasteiger partial charge in [-0.05, 0) is 67.5 Å². The van der Waals surface area contributed by atoms with E-state index in [0.29, 0.717) is 42.9 Å². The van der Waals surface area contributed by atoms with Gasteiger partial charge >= 0.3 is 0 Å².